The fourth-order valence-electron chi connectivity index (χ4n) is 2.65. The largest absolute Gasteiger partial charge is 0.471 e. The number of nitrogens with zero attached hydrogens (tertiary/aromatic N) is 4. The van der Waals surface area contributed by atoms with Gasteiger partial charge < -0.3 is 9.64 Å². The normalized spacial score (nSPS) is 16.9. The number of aryl methyl sites for hydroxylation is 1. The first kappa shape index (κ1) is 15.9. The van der Waals surface area contributed by atoms with E-state index in [1.54, 1.807) is 42.3 Å². The van der Waals surface area contributed by atoms with Gasteiger partial charge in [0.1, 0.15) is 6.10 Å². The van der Waals surface area contributed by atoms with E-state index in [4.69, 9.17) is 4.74 Å². The number of aromatic nitrogens is 2. The summed E-state index contributed by atoms with van der Waals surface area (Å²) in [7, 11) is 0. The lowest BCUT2D eigenvalue weighted by Gasteiger charge is -2.17. The average molecular weight is 328 g/mol. The average Bonchev–Trinajstić information content (AvgIpc) is 3.04. The molecule has 1 saturated heterocycles. The number of rotatable bonds is 4. The first-order valence-corrected chi connectivity index (χ1v) is 7.53. The minimum Gasteiger partial charge on any atom is -0.471 e. The molecule has 1 aliphatic heterocycles. The molecule has 1 aliphatic rings. The van der Waals surface area contributed by atoms with Gasteiger partial charge >= 0.3 is 0 Å². The van der Waals surface area contributed by atoms with Crippen LogP contribution in [-0.2, 0) is 0 Å². The van der Waals surface area contributed by atoms with Crippen LogP contribution in [0, 0.1) is 17.0 Å². The van der Waals surface area contributed by atoms with Gasteiger partial charge in [-0.05, 0) is 19.1 Å². The molecule has 124 valence electrons. The highest BCUT2D eigenvalue weighted by molar-refractivity contribution is 5.95. The van der Waals surface area contributed by atoms with Crippen LogP contribution >= 0.6 is 0 Å². The number of hydrogen-bond acceptors (Lipinski definition) is 6. The van der Waals surface area contributed by atoms with Gasteiger partial charge in [0.15, 0.2) is 0 Å². The number of nitro groups is 1. The maximum absolute atomic E-state index is 12.6. The highest BCUT2D eigenvalue weighted by Gasteiger charge is 2.29. The summed E-state index contributed by atoms with van der Waals surface area (Å²) < 4.78 is 5.70. The third kappa shape index (κ3) is 3.32. The quantitative estimate of drug-likeness (QED) is 0.629. The van der Waals surface area contributed by atoms with Crippen molar-refractivity contribution in [3.8, 4) is 5.88 Å². The van der Waals surface area contributed by atoms with Crippen molar-refractivity contribution in [1.82, 2.24) is 15.1 Å². The molecule has 0 aliphatic carbocycles. The van der Waals surface area contributed by atoms with Crippen LogP contribution in [0.2, 0.25) is 0 Å². The van der Waals surface area contributed by atoms with Gasteiger partial charge in [-0.15, -0.1) is 5.10 Å². The molecule has 0 bridgehead atoms. The number of ether oxygens (including phenoxy) is 1. The third-order valence-corrected chi connectivity index (χ3v) is 3.92. The van der Waals surface area contributed by atoms with Crippen molar-refractivity contribution in [2.45, 2.75) is 19.4 Å². The number of amides is 1. The van der Waals surface area contributed by atoms with Crippen LogP contribution in [0.3, 0.4) is 0 Å². The van der Waals surface area contributed by atoms with Gasteiger partial charge in [0.2, 0.25) is 5.88 Å². The molecule has 2 heterocycles. The molecule has 1 amide bonds. The number of nitro benzene ring substituents is 1. The number of benzene rings is 1. The zero-order valence-corrected chi connectivity index (χ0v) is 13.1. The van der Waals surface area contributed by atoms with E-state index in [9.17, 15) is 14.9 Å². The Morgan fingerprint density at radius 1 is 1.42 bits per heavy atom. The van der Waals surface area contributed by atoms with Crippen LogP contribution < -0.4 is 4.74 Å². The van der Waals surface area contributed by atoms with E-state index in [-0.39, 0.29) is 17.7 Å². The van der Waals surface area contributed by atoms with Crippen molar-refractivity contribution in [3.05, 3.63) is 57.8 Å². The van der Waals surface area contributed by atoms with Crippen molar-refractivity contribution >= 4 is 11.6 Å². The summed E-state index contributed by atoms with van der Waals surface area (Å²) in [6, 6.07) is 7.97. The number of carbonyl (C=O) groups is 1. The Labute approximate surface area is 138 Å². The summed E-state index contributed by atoms with van der Waals surface area (Å²) in [5, 5.41) is 18.6. The fraction of sp³-hybridized carbons (Fsp3) is 0.312. The lowest BCUT2D eigenvalue weighted by molar-refractivity contribution is -0.385. The molecule has 8 nitrogen and oxygen atoms in total. The maximum atomic E-state index is 12.6. The lowest BCUT2D eigenvalue weighted by atomic mass is 10.1. The number of likely N-dealkylation sites (tertiary alicyclic amines) is 1. The Bertz CT molecular complexity index is 766. The predicted molar refractivity (Wildman–Crippen MR) is 84.8 cm³/mol. The molecule has 1 unspecified atom stereocenters. The Hall–Kier alpha value is -3.03. The predicted octanol–water partition coefficient (Wildman–Crippen LogP) is 1.99. The van der Waals surface area contributed by atoms with Gasteiger partial charge in [0, 0.05) is 42.4 Å². The highest BCUT2D eigenvalue weighted by Crippen LogP contribution is 2.22. The van der Waals surface area contributed by atoms with Crippen molar-refractivity contribution in [2.24, 2.45) is 0 Å². The third-order valence-electron chi connectivity index (χ3n) is 3.92. The topological polar surface area (TPSA) is 98.5 Å². The molecule has 1 fully saturated rings. The number of carbonyl (C=O) groups excluding carboxylic acids is 1. The standard InChI is InChI=1S/C16H16N4O4/c1-11-4-5-12(9-14(11)20(22)23)16(21)19-8-6-13(10-19)24-15-3-2-7-17-18-15/h2-5,7,9,13H,6,8,10H2,1H3. The second-order valence-electron chi connectivity index (χ2n) is 5.60. The van der Waals surface area contributed by atoms with Crippen molar-refractivity contribution in [3.63, 3.8) is 0 Å². The van der Waals surface area contributed by atoms with Crippen molar-refractivity contribution in [1.29, 1.82) is 0 Å². The Morgan fingerprint density at radius 3 is 2.96 bits per heavy atom. The zero-order chi connectivity index (χ0) is 17.1. The molecule has 1 atom stereocenters. The van der Waals surface area contributed by atoms with Crippen LogP contribution in [0.25, 0.3) is 0 Å². The first-order valence-electron chi connectivity index (χ1n) is 7.53. The van der Waals surface area contributed by atoms with Crippen LogP contribution in [0.4, 0.5) is 5.69 Å². The van der Waals surface area contributed by atoms with Crippen LogP contribution in [-0.4, -0.2) is 45.1 Å². The zero-order valence-electron chi connectivity index (χ0n) is 13.1. The molecule has 3 rings (SSSR count). The summed E-state index contributed by atoms with van der Waals surface area (Å²) in [5.74, 6) is 0.186. The molecule has 0 spiro atoms. The molecule has 0 radical (unpaired) electrons. The van der Waals surface area contributed by atoms with E-state index >= 15 is 0 Å². The van der Waals surface area contributed by atoms with E-state index in [1.165, 1.54) is 6.07 Å². The Morgan fingerprint density at radius 2 is 2.25 bits per heavy atom. The molecule has 2 aromatic rings. The monoisotopic (exact) mass is 328 g/mol. The van der Waals surface area contributed by atoms with Gasteiger partial charge in [0.05, 0.1) is 11.5 Å². The molecular weight excluding hydrogens is 312 g/mol. The fourth-order valence-corrected chi connectivity index (χ4v) is 2.65. The molecule has 0 N–H and O–H groups in total. The maximum Gasteiger partial charge on any atom is 0.273 e. The van der Waals surface area contributed by atoms with Gasteiger partial charge in [-0.25, -0.2) is 0 Å². The summed E-state index contributed by atoms with van der Waals surface area (Å²) in [4.78, 5) is 24.7. The second kappa shape index (κ2) is 6.61. The van der Waals surface area contributed by atoms with Gasteiger partial charge in [-0.2, -0.15) is 5.10 Å². The Kier molecular flexibility index (Phi) is 4.37. The number of hydrogen-bond donors (Lipinski definition) is 0. The summed E-state index contributed by atoms with van der Waals surface area (Å²) in [6.07, 6.45) is 2.07. The SMILES string of the molecule is Cc1ccc(C(=O)N2CCC(Oc3cccnn3)C2)cc1[N+](=O)[O-]. The molecule has 1 aromatic heterocycles. The second-order valence-corrected chi connectivity index (χ2v) is 5.60. The van der Waals surface area contributed by atoms with E-state index in [0.29, 0.717) is 36.5 Å². The molecule has 1 aromatic carbocycles. The minimum absolute atomic E-state index is 0.0487. The van der Waals surface area contributed by atoms with E-state index in [2.05, 4.69) is 10.2 Å². The smallest absolute Gasteiger partial charge is 0.273 e. The Balaban J connectivity index is 1.68. The van der Waals surface area contributed by atoms with Crippen molar-refractivity contribution < 1.29 is 14.5 Å². The highest BCUT2D eigenvalue weighted by atomic mass is 16.6. The van der Waals surface area contributed by atoms with E-state index < -0.39 is 4.92 Å². The molecule has 8 heteroatoms. The molecule has 24 heavy (non-hydrogen) atoms. The lowest BCUT2D eigenvalue weighted by Crippen LogP contribution is -2.31. The summed E-state index contributed by atoms with van der Waals surface area (Å²) in [5.41, 5.74) is 0.793. The van der Waals surface area contributed by atoms with Crippen LogP contribution in [0.5, 0.6) is 5.88 Å². The van der Waals surface area contributed by atoms with E-state index in [1.807, 2.05) is 0 Å². The van der Waals surface area contributed by atoms with E-state index in [0.717, 1.165) is 0 Å². The molecular formula is C16H16N4O4. The minimum atomic E-state index is -0.476. The van der Waals surface area contributed by atoms with Gasteiger partial charge in [0.25, 0.3) is 11.6 Å². The van der Waals surface area contributed by atoms with Crippen molar-refractivity contribution in [2.75, 3.05) is 13.1 Å². The van der Waals surface area contributed by atoms with Gasteiger partial charge in [-0.1, -0.05) is 6.07 Å². The van der Waals surface area contributed by atoms with Gasteiger partial charge in [-0.3, -0.25) is 14.9 Å². The molecule has 0 saturated carbocycles. The first-order chi connectivity index (χ1) is 11.5. The summed E-state index contributed by atoms with van der Waals surface area (Å²) in [6.45, 7) is 2.59. The summed E-state index contributed by atoms with van der Waals surface area (Å²) >= 11 is 0. The van der Waals surface area contributed by atoms with Crippen LogP contribution in [0.15, 0.2) is 36.5 Å². The van der Waals surface area contributed by atoms with Crippen LogP contribution in [0.1, 0.15) is 22.3 Å².